The number of ether oxygens (including phenoxy) is 1. The van der Waals surface area contributed by atoms with Crippen LogP contribution in [0.25, 0.3) is 0 Å². The van der Waals surface area contributed by atoms with Gasteiger partial charge in [0, 0.05) is 5.56 Å². The van der Waals surface area contributed by atoms with Crippen LogP contribution >= 0.6 is 0 Å². The van der Waals surface area contributed by atoms with E-state index in [4.69, 9.17) is 9.84 Å². The monoisotopic (exact) mass is 254 g/mol. The fourth-order valence-corrected chi connectivity index (χ4v) is 1.85. The van der Waals surface area contributed by atoms with Gasteiger partial charge >= 0.3 is 0 Å². The quantitative estimate of drug-likeness (QED) is 0.673. The molecule has 0 saturated heterocycles. The predicted octanol–water partition coefficient (Wildman–Crippen LogP) is 4.06. The number of hydrogen-bond acceptors (Lipinski definition) is 2. The summed E-state index contributed by atoms with van der Waals surface area (Å²) in [4.78, 5) is 0. The van der Waals surface area contributed by atoms with Crippen LogP contribution in [0.3, 0.4) is 0 Å². The van der Waals surface area contributed by atoms with Gasteiger partial charge in [-0.1, -0.05) is 51.2 Å². The first kappa shape index (κ1) is 15.0. The highest BCUT2D eigenvalue weighted by Crippen LogP contribution is 2.20. The summed E-state index contributed by atoms with van der Waals surface area (Å²) in [5.74, 6) is -0.193. The van der Waals surface area contributed by atoms with Crippen LogP contribution in [-0.2, 0) is 6.61 Å². The maximum absolute atomic E-state index is 13.7. The van der Waals surface area contributed by atoms with Crippen LogP contribution in [-0.4, -0.2) is 11.7 Å². The second-order valence-electron chi connectivity index (χ2n) is 4.50. The first-order chi connectivity index (χ1) is 8.79. The van der Waals surface area contributed by atoms with Gasteiger partial charge in [0.15, 0.2) is 11.6 Å². The van der Waals surface area contributed by atoms with E-state index in [1.807, 2.05) is 0 Å². The molecule has 0 aromatic heterocycles. The van der Waals surface area contributed by atoms with Crippen LogP contribution in [0.1, 0.15) is 51.0 Å². The lowest BCUT2D eigenvalue weighted by Gasteiger charge is -2.09. The van der Waals surface area contributed by atoms with Crippen molar-refractivity contribution in [2.45, 2.75) is 52.1 Å². The van der Waals surface area contributed by atoms with Gasteiger partial charge in [-0.2, -0.15) is 0 Å². The Kier molecular flexibility index (Phi) is 7.42. The minimum Gasteiger partial charge on any atom is -0.491 e. The Labute approximate surface area is 109 Å². The van der Waals surface area contributed by atoms with Gasteiger partial charge in [-0.15, -0.1) is 0 Å². The van der Waals surface area contributed by atoms with Crippen LogP contribution in [0.2, 0.25) is 0 Å². The molecule has 0 aliphatic heterocycles. The molecule has 0 aliphatic carbocycles. The molecule has 0 fully saturated rings. The van der Waals surface area contributed by atoms with Gasteiger partial charge in [0.2, 0.25) is 0 Å². The number of aliphatic hydroxyl groups excluding tert-OH is 1. The average Bonchev–Trinajstić information content (AvgIpc) is 2.39. The zero-order valence-electron chi connectivity index (χ0n) is 11.1. The maximum atomic E-state index is 13.7. The van der Waals surface area contributed by atoms with Gasteiger partial charge in [-0.3, -0.25) is 0 Å². The fourth-order valence-electron chi connectivity index (χ4n) is 1.85. The zero-order chi connectivity index (χ0) is 13.2. The summed E-state index contributed by atoms with van der Waals surface area (Å²) in [6, 6.07) is 4.86. The van der Waals surface area contributed by atoms with Crippen molar-refractivity contribution in [3.05, 3.63) is 29.6 Å². The van der Waals surface area contributed by atoms with Crippen molar-refractivity contribution in [3.63, 3.8) is 0 Å². The number of aliphatic hydroxyl groups is 1. The standard InChI is InChI=1S/C15H23FO2/c1-2-3-4-5-6-7-11-18-14-10-8-9-13(12-17)15(14)16/h8-10,17H,2-7,11-12H2,1H3. The van der Waals surface area contributed by atoms with Crippen molar-refractivity contribution < 1.29 is 14.2 Å². The van der Waals surface area contributed by atoms with E-state index in [1.165, 1.54) is 25.7 Å². The predicted molar refractivity (Wildman–Crippen MR) is 71.2 cm³/mol. The van der Waals surface area contributed by atoms with Gasteiger partial charge < -0.3 is 9.84 Å². The molecule has 0 spiro atoms. The topological polar surface area (TPSA) is 29.5 Å². The maximum Gasteiger partial charge on any atom is 0.170 e. The number of rotatable bonds is 9. The Morgan fingerprint density at radius 2 is 1.83 bits per heavy atom. The highest BCUT2D eigenvalue weighted by Gasteiger charge is 2.07. The highest BCUT2D eigenvalue weighted by atomic mass is 19.1. The third-order valence-electron chi connectivity index (χ3n) is 2.97. The summed E-state index contributed by atoms with van der Waals surface area (Å²) in [7, 11) is 0. The van der Waals surface area contributed by atoms with E-state index in [9.17, 15) is 4.39 Å². The average molecular weight is 254 g/mol. The fraction of sp³-hybridized carbons (Fsp3) is 0.600. The molecule has 0 saturated carbocycles. The molecular formula is C15H23FO2. The van der Waals surface area contributed by atoms with Crippen molar-refractivity contribution in [1.29, 1.82) is 0 Å². The van der Waals surface area contributed by atoms with Crippen LogP contribution in [0.4, 0.5) is 4.39 Å². The van der Waals surface area contributed by atoms with E-state index in [0.29, 0.717) is 6.61 Å². The van der Waals surface area contributed by atoms with Crippen molar-refractivity contribution in [1.82, 2.24) is 0 Å². The highest BCUT2D eigenvalue weighted by molar-refractivity contribution is 5.30. The van der Waals surface area contributed by atoms with Crippen LogP contribution in [0.15, 0.2) is 18.2 Å². The summed E-state index contributed by atoms with van der Waals surface area (Å²) in [5.41, 5.74) is 0.287. The lowest BCUT2D eigenvalue weighted by Crippen LogP contribution is -2.01. The molecule has 0 bridgehead atoms. The van der Waals surface area contributed by atoms with E-state index in [1.54, 1.807) is 18.2 Å². The molecule has 102 valence electrons. The van der Waals surface area contributed by atoms with Crippen molar-refractivity contribution in [2.75, 3.05) is 6.61 Å². The van der Waals surface area contributed by atoms with Crippen LogP contribution in [0.5, 0.6) is 5.75 Å². The molecule has 0 aliphatic rings. The molecule has 0 heterocycles. The molecule has 3 heteroatoms. The summed E-state index contributed by atoms with van der Waals surface area (Å²) < 4.78 is 19.1. The molecule has 1 rings (SSSR count). The van der Waals surface area contributed by atoms with Gasteiger partial charge in [0.1, 0.15) is 0 Å². The van der Waals surface area contributed by atoms with Gasteiger partial charge in [0.05, 0.1) is 13.2 Å². The molecule has 2 nitrogen and oxygen atoms in total. The molecule has 1 aromatic rings. The minimum absolute atomic E-state index is 0.245. The molecule has 0 radical (unpaired) electrons. The normalized spacial score (nSPS) is 10.6. The molecule has 1 aromatic carbocycles. The van der Waals surface area contributed by atoms with Crippen molar-refractivity contribution in [3.8, 4) is 5.75 Å². The molecule has 0 amide bonds. The first-order valence-corrected chi connectivity index (χ1v) is 6.80. The van der Waals surface area contributed by atoms with E-state index >= 15 is 0 Å². The lowest BCUT2D eigenvalue weighted by molar-refractivity contribution is 0.263. The summed E-state index contributed by atoms with van der Waals surface area (Å²) in [6.45, 7) is 2.44. The summed E-state index contributed by atoms with van der Waals surface area (Å²) in [6.07, 6.45) is 7.10. The molecule has 0 atom stereocenters. The number of unbranched alkanes of at least 4 members (excludes halogenated alkanes) is 5. The molecule has 18 heavy (non-hydrogen) atoms. The minimum atomic E-state index is -0.439. The van der Waals surface area contributed by atoms with Crippen molar-refractivity contribution in [2.24, 2.45) is 0 Å². The van der Waals surface area contributed by atoms with E-state index in [0.717, 1.165) is 12.8 Å². The summed E-state index contributed by atoms with van der Waals surface area (Å²) in [5, 5.41) is 8.94. The Morgan fingerprint density at radius 1 is 1.11 bits per heavy atom. The zero-order valence-corrected chi connectivity index (χ0v) is 11.1. The largest absolute Gasteiger partial charge is 0.491 e. The van der Waals surface area contributed by atoms with Gasteiger partial charge in [0.25, 0.3) is 0 Å². The molecule has 1 N–H and O–H groups in total. The number of benzene rings is 1. The number of hydrogen-bond donors (Lipinski definition) is 1. The third kappa shape index (κ3) is 5.05. The second kappa shape index (κ2) is 8.92. The third-order valence-corrected chi connectivity index (χ3v) is 2.97. The lowest BCUT2D eigenvalue weighted by atomic mass is 10.1. The van der Waals surface area contributed by atoms with E-state index in [-0.39, 0.29) is 17.9 Å². The Hall–Kier alpha value is -1.09. The van der Waals surface area contributed by atoms with E-state index in [2.05, 4.69) is 6.92 Å². The molecular weight excluding hydrogens is 231 g/mol. The van der Waals surface area contributed by atoms with Crippen molar-refractivity contribution >= 4 is 0 Å². The second-order valence-corrected chi connectivity index (χ2v) is 4.50. The Balaban J connectivity index is 2.23. The Morgan fingerprint density at radius 3 is 2.56 bits per heavy atom. The SMILES string of the molecule is CCCCCCCCOc1cccc(CO)c1F. The van der Waals surface area contributed by atoms with E-state index < -0.39 is 5.82 Å². The van der Waals surface area contributed by atoms with Crippen LogP contribution < -0.4 is 4.74 Å². The van der Waals surface area contributed by atoms with Gasteiger partial charge in [-0.05, 0) is 12.5 Å². The molecule has 0 unspecified atom stereocenters. The first-order valence-electron chi connectivity index (χ1n) is 6.80. The summed E-state index contributed by atoms with van der Waals surface area (Å²) >= 11 is 0. The smallest absolute Gasteiger partial charge is 0.170 e. The van der Waals surface area contributed by atoms with Gasteiger partial charge in [-0.25, -0.2) is 4.39 Å². The Bertz CT molecular complexity index is 339. The number of halogens is 1. The van der Waals surface area contributed by atoms with Crippen LogP contribution in [0, 0.1) is 5.82 Å².